The van der Waals surface area contributed by atoms with Crippen LogP contribution in [-0.4, -0.2) is 38.5 Å². The first-order valence-electron chi connectivity index (χ1n) is 9.19. The molecule has 0 unspecified atom stereocenters. The highest BCUT2D eigenvalue weighted by atomic mass is 32.1. The second kappa shape index (κ2) is 8.95. The van der Waals surface area contributed by atoms with Gasteiger partial charge in [0.05, 0.1) is 25.0 Å². The van der Waals surface area contributed by atoms with Crippen molar-refractivity contribution in [2.45, 2.75) is 39.7 Å². The number of carbonyl (C=O) groups is 1. The summed E-state index contributed by atoms with van der Waals surface area (Å²) in [4.78, 5) is 25.0. The zero-order valence-electron chi connectivity index (χ0n) is 17.0. The Morgan fingerprint density at radius 2 is 1.93 bits per heavy atom. The van der Waals surface area contributed by atoms with E-state index in [0.29, 0.717) is 33.8 Å². The van der Waals surface area contributed by atoms with Gasteiger partial charge in [0.25, 0.3) is 0 Å². The molecule has 0 atom stereocenters. The zero-order chi connectivity index (χ0) is 21.0. The van der Waals surface area contributed by atoms with Gasteiger partial charge in [0.2, 0.25) is 5.13 Å². The number of hydrogen-bond donors (Lipinski definition) is 1. The summed E-state index contributed by atoms with van der Waals surface area (Å²) >= 11 is 1.21. The number of hydrogen-bond acceptors (Lipinski definition) is 9. The van der Waals surface area contributed by atoms with Crippen LogP contribution in [-0.2, 0) is 4.74 Å². The van der Waals surface area contributed by atoms with Gasteiger partial charge in [0, 0.05) is 17.7 Å². The Kier molecular flexibility index (Phi) is 6.38. The van der Waals surface area contributed by atoms with Crippen LogP contribution in [0.4, 0.5) is 10.9 Å². The molecule has 0 aliphatic carbocycles. The van der Waals surface area contributed by atoms with E-state index in [-0.39, 0.29) is 12.0 Å². The molecule has 3 rings (SSSR count). The zero-order valence-corrected chi connectivity index (χ0v) is 17.8. The van der Waals surface area contributed by atoms with Crippen molar-refractivity contribution in [3.05, 3.63) is 41.7 Å². The van der Waals surface area contributed by atoms with Crippen molar-refractivity contribution in [1.29, 1.82) is 0 Å². The van der Waals surface area contributed by atoms with Gasteiger partial charge in [-0.1, -0.05) is 13.8 Å². The van der Waals surface area contributed by atoms with E-state index in [0.717, 1.165) is 5.56 Å². The van der Waals surface area contributed by atoms with Crippen LogP contribution in [0.1, 0.15) is 49.5 Å². The van der Waals surface area contributed by atoms with Crippen molar-refractivity contribution in [3.8, 4) is 17.3 Å². The third kappa shape index (κ3) is 5.05. The van der Waals surface area contributed by atoms with Crippen LogP contribution in [0.15, 0.2) is 30.6 Å². The SMILES string of the molecule is COC(=O)c1cnc(Nc2nc(-c3ccc(OC(C)C)cn3)ns2)c(C(C)C)c1. The minimum absolute atomic E-state index is 0.0871. The summed E-state index contributed by atoms with van der Waals surface area (Å²) < 4.78 is 14.8. The number of carbonyl (C=O) groups excluding carboxylic acids is 1. The number of nitrogens with one attached hydrogen (secondary N) is 1. The molecule has 0 amide bonds. The molecule has 0 spiro atoms. The molecule has 0 saturated carbocycles. The molecule has 0 aromatic carbocycles. The molecule has 3 heterocycles. The van der Waals surface area contributed by atoms with Crippen molar-refractivity contribution >= 4 is 28.5 Å². The fraction of sp³-hybridized carbons (Fsp3) is 0.350. The molecule has 152 valence electrons. The lowest BCUT2D eigenvalue weighted by Gasteiger charge is -2.13. The van der Waals surface area contributed by atoms with E-state index >= 15 is 0 Å². The predicted molar refractivity (Wildman–Crippen MR) is 112 cm³/mol. The summed E-state index contributed by atoms with van der Waals surface area (Å²) in [6, 6.07) is 5.45. The average molecular weight is 414 g/mol. The van der Waals surface area contributed by atoms with Gasteiger partial charge < -0.3 is 14.8 Å². The van der Waals surface area contributed by atoms with Gasteiger partial charge in [-0.25, -0.2) is 14.8 Å². The fourth-order valence-electron chi connectivity index (χ4n) is 2.59. The van der Waals surface area contributed by atoms with Gasteiger partial charge in [-0.05, 0) is 43.5 Å². The second-order valence-corrected chi connectivity index (χ2v) is 7.65. The lowest BCUT2D eigenvalue weighted by molar-refractivity contribution is 0.0600. The minimum Gasteiger partial charge on any atom is -0.489 e. The van der Waals surface area contributed by atoms with Crippen molar-refractivity contribution in [1.82, 2.24) is 19.3 Å². The maximum atomic E-state index is 11.8. The standard InChI is InChI=1S/C20H23N5O3S/c1-11(2)15-8-13(19(26)27-5)9-22-17(15)23-20-24-18(25-29-20)16-7-6-14(10-21-16)28-12(3)4/h6-12H,1-5H3,(H,22,23,24,25). The Morgan fingerprint density at radius 1 is 1.14 bits per heavy atom. The second-order valence-electron chi connectivity index (χ2n) is 6.90. The number of aromatic nitrogens is 4. The minimum atomic E-state index is -0.417. The van der Waals surface area contributed by atoms with Crippen LogP contribution in [0, 0.1) is 0 Å². The Hall–Kier alpha value is -3.07. The van der Waals surface area contributed by atoms with Crippen LogP contribution in [0.25, 0.3) is 11.5 Å². The molecule has 29 heavy (non-hydrogen) atoms. The highest BCUT2D eigenvalue weighted by molar-refractivity contribution is 7.09. The summed E-state index contributed by atoms with van der Waals surface area (Å²) in [6.45, 7) is 7.98. The molecule has 3 aromatic rings. The van der Waals surface area contributed by atoms with Crippen molar-refractivity contribution in [2.75, 3.05) is 12.4 Å². The van der Waals surface area contributed by atoms with Gasteiger partial charge in [0.15, 0.2) is 5.82 Å². The number of methoxy groups -OCH3 is 1. The first kappa shape index (κ1) is 20.7. The molecule has 0 bridgehead atoms. The van der Waals surface area contributed by atoms with Gasteiger partial charge in [-0.2, -0.15) is 9.36 Å². The molecular formula is C20H23N5O3S. The van der Waals surface area contributed by atoms with Crippen molar-refractivity contribution in [2.24, 2.45) is 0 Å². The van der Waals surface area contributed by atoms with Gasteiger partial charge in [0.1, 0.15) is 17.3 Å². The topological polar surface area (TPSA) is 99.1 Å². The van der Waals surface area contributed by atoms with E-state index in [1.165, 1.54) is 24.8 Å². The maximum absolute atomic E-state index is 11.8. The number of nitrogens with zero attached hydrogens (tertiary/aromatic N) is 4. The molecule has 9 heteroatoms. The van der Waals surface area contributed by atoms with Crippen LogP contribution >= 0.6 is 11.5 Å². The molecule has 0 aliphatic rings. The molecule has 8 nitrogen and oxygen atoms in total. The lowest BCUT2D eigenvalue weighted by Crippen LogP contribution is -2.07. The van der Waals surface area contributed by atoms with Crippen LogP contribution in [0.2, 0.25) is 0 Å². The van der Waals surface area contributed by atoms with E-state index in [2.05, 4.69) is 24.6 Å². The maximum Gasteiger partial charge on any atom is 0.339 e. The first-order chi connectivity index (χ1) is 13.9. The van der Waals surface area contributed by atoms with E-state index in [9.17, 15) is 4.79 Å². The highest BCUT2D eigenvalue weighted by Gasteiger charge is 2.16. The molecule has 0 fully saturated rings. The van der Waals surface area contributed by atoms with Crippen LogP contribution in [0.5, 0.6) is 5.75 Å². The van der Waals surface area contributed by atoms with Crippen LogP contribution in [0.3, 0.4) is 0 Å². The number of rotatable bonds is 7. The third-order valence-corrected chi connectivity index (χ3v) is 4.58. The highest BCUT2D eigenvalue weighted by Crippen LogP contribution is 2.28. The van der Waals surface area contributed by atoms with Gasteiger partial charge >= 0.3 is 5.97 Å². The van der Waals surface area contributed by atoms with E-state index < -0.39 is 5.97 Å². The fourth-order valence-corrected chi connectivity index (χ4v) is 3.17. The Balaban J connectivity index is 1.80. The smallest absolute Gasteiger partial charge is 0.339 e. The summed E-state index contributed by atoms with van der Waals surface area (Å²) in [5.74, 6) is 1.58. The number of ether oxygens (including phenoxy) is 2. The number of esters is 1. The molecule has 0 saturated heterocycles. The predicted octanol–water partition coefficient (Wildman–Crippen LogP) is 4.44. The van der Waals surface area contributed by atoms with E-state index in [1.54, 1.807) is 12.3 Å². The summed E-state index contributed by atoms with van der Waals surface area (Å²) in [7, 11) is 1.35. The largest absolute Gasteiger partial charge is 0.489 e. The Morgan fingerprint density at radius 3 is 2.55 bits per heavy atom. The number of pyridine rings is 2. The normalized spacial score (nSPS) is 11.0. The molecule has 0 aliphatic heterocycles. The molecule has 1 N–H and O–H groups in total. The molecular weight excluding hydrogens is 390 g/mol. The first-order valence-corrected chi connectivity index (χ1v) is 9.96. The van der Waals surface area contributed by atoms with Crippen molar-refractivity contribution < 1.29 is 14.3 Å². The average Bonchev–Trinajstić information content (AvgIpc) is 3.16. The van der Waals surface area contributed by atoms with Crippen LogP contribution < -0.4 is 10.1 Å². The van der Waals surface area contributed by atoms with E-state index in [4.69, 9.17) is 9.47 Å². The Bertz CT molecular complexity index is 986. The lowest BCUT2D eigenvalue weighted by atomic mass is 10.0. The quantitative estimate of drug-likeness (QED) is 0.568. The number of anilines is 2. The summed E-state index contributed by atoms with van der Waals surface area (Å²) in [5, 5.41) is 3.78. The monoisotopic (exact) mass is 413 g/mol. The van der Waals surface area contributed by atoms with Crippen molar-refractivity contribution in [3.63, 3.8) is 0 Å². The Labute approximate surface area is 173 Å². The van der Waals surface area contributed by atoms with E-state index in [1.807, 2.05) is 39.8 Å². The molecule has 0 radical (unpaired) electrons. The summed E-state index contributed by atoms with van der Waals surface area (Å²) in [5.41, 5.74) is 1.95. The van der Waals surface area contributed by atoms with Gasteiger partial charge in [-0.15, -0.1) is 0 Å². The third-order valence-electron chi connectivity index (χ3n) is 3.95. The summed E-state index contributed by atoms with van der Waals surface area (Å²) in [6.07, 6.45) is 3.23. The van der Waals surface area contributed by atoms with Gasteiger partial charge in [-0.3, -0.25) is 0 Å². The molecule has 3 aromatic heterocycles.